The smallest absolute Gasteiger partial charge is 0.221 e. The summed E-state index contributed by atoms with van der Waals surface area (Å²) in [5.74, 6) is -0.750. The van der Waals surface area contributed by atoms with Crippen molar-refractivity contribution in [1.29, 1.82) is 0 Å². The number of ketones is 1. The second-order valence-corrected chi connectivity index (χ2v) is 7.56. The SMILES string of the molecule is CC(=O)Cc1c(-c2ccc(C)cc2)c(C)c2c(nc(O)c3cc(F)cnc32)c1C. The van der Waals surface area contributed by atoms with Crippen LogP contribution in [0.3, 0.4) is 0 Å². The number of rotatable bonds is 3. The van der Waals surface area contributed by atoms with Crippen molar-refractivity contribution in [2.75, 3.05) is 0 Å². The molecule has 2 heterocycles. The highest BCUT2D eigenvalue weighted by Crippen LogP contribution is 2.40. The van der Waals surface area contributed by atoms with Crippen molar-refractivity contribution in [1.82, 2.24) is 9.97 Å². The molecule has 0 unspecified atom stereocenters. The Bertz CT molecular complexity index is 1290. The number of hydrogen-bond acceptors (Lipinski definition) is 4. The summed E-state index contributed by atoms with van der Waals surface area (Å²) in [6.45, 7) is 7.45. The third-order valence-corrected chi connectivity index (χ3v) is 5.41. The van der Waals surface area contributed by atoms with Crippen molar-refractivity contribution in [3.05, 3.63) is 64.6 Å². The zero-order valence-corrected chi connectivity index (χ0v) is 16.8. The van der Waals surface area contributed by atoms with Gasteiger partial charge in [0.2, 0.25) is 5.88 Å². The van der Waals surface area contributed by atoms with Gasteiger partial charge in [-0.2, -0.15) is 0 Å². The van der Waals surface area contributed by atoms with Crippen LogP contribution in [-0.4, -0.2) is 20.9 Å². The van der Waals surface area contributed by atoms with Gasteiger partial charge in [-0.05, 0) is 61.6 Å². The highest BCUT2D eigenvalue weighted by molar-refractivity contribution is 6.10. The molecular formula is C24H21FN2O2. The average molecular weight is 388 g/mol. The quantitative estimate of drug-likeness (QED) is 0.481. The first-order valence-electron chi connectivity index (χ1n) is 9.44. The van der Waals surface area contributed by atoms with E-state index in [-0.39, 0.29) is 23.5 Å². The van der Waals surface area contributed by atoms with E-state index >= 15 is 0 Å². The van der Waals surface area contributed by atoms with E-state index in [0.29, 0.717) is 11.0 Å². The van der Waals surface area contributed by atoms with Crippen LogP contribution < -0.4 is 0 Å². The Hall–Kier alpha value is -3.34. The molecule has 146 valence electrons. The van der Waals surface area contributed by atoms with Crippen LogP contribution in [0.4, 0.5) is 4.39 Å². The molecule has 0 aliphatic heterocycles. The Kier molecular flexibility index (Phi) is 4.53. The van der Waals surface area contributed by atoms with E-state index in [1.165, 1.54) is 6.07 Å². The normalized spacial score (nSPS) is 11.3. The number of aromatic hydroxyl groups is 1. The van der Waals surface area contributed by atoms with Gasteiger partial charge in [0.1, 0.15) is 11.6 Å². The number of halogens is 1. The first-order chi connectivity index (χ1) is 13.8. The van der Waals surface area contributed by atoms with Crippen LogP contribution in [0, 0.1) is 26.6 Å². The lowest BCUT2D eigenvalue weighted by molar-refractivity contribution is -0.116. The molecule has 1 N–H and O–H groups in total. The minimum absolute atomic E-state index is 0.0467. The van der Waals surface area contributed by atoms with Crippen molar-refractivity contribution < 1.29 is 14.3 Å². The van der Waals surface area contributed by atoms with Gasteiger partial charge in [-0.1, -0.05) is 29.8 Å². The van der Waals surface area contributed by atoms with Gasteiger partial charge < -0.3 is 5.11 Å². The number of fused-ring (bicyclic) bond motifs is 3. The maximum absolute atomic E-state index is 13.7. The lowest BCUT2D eigenvalue weighted by atomic mass is 9.85. The third-order valence-electron chi connectivity index (χ3n) is 5.41. The molecular weight excluding hydrogens is 367 g/mol. The summed E-state index contributed by atoms with van der Waals surface area (Å²) in [7, 11) is 0. The second kappa shape index (κ2) is 6.92. The number of carbonyl (C=O) groups is 1. The van der Waals surface area contributed by atoms with Crippen LogP contribution >= 0.6 is 0 Å². The molecule has 0 radical (unpaired) electrons. The van der Waals surface area contributed by atoms with Crippen molar-refractivity contribution in [2.24, 2.45) is 0 Å². The monoisotopic (exact) mass is 388 g/mol. The molecule has 4 aromatic rings. The van der Waals surface area contributed by atoms with E-state index in [4.69, 9.17) is 0 Å². The molecule has 0 atom stereocenters. The summed E-state index contributed by atoms with van der Waals surface area (Å²) in [4.78, 5) is 20.7. The molecule has 0 fully saturated rings. The van der Waals surface area contributed by atoms with Crippen molar-refractivity contribution in [3.8, 4) is 17.0 Å². The molecule has 0 saturated heterocycles. The number of aromatic nitrogens is 2. The summed E-state index contributed by atoms with van der Waals surface area (Å²) >= 11 is 0. The van der Waals surface area contributed by atoms with Gasteiger partial charge >= 0.3 is 0 Å². The van der Waals surface area contributed by atoms with Crippen LogP contribution in [0.1, 0.15) is 29.2 Å². The molecule has 4 rings (SSSR count). The van der Waals surface area contributed by atoms with Gasteiger partial charge in [0.25, 0.3) is 0 Å². The highest BCUT2D eigenvalue weighted by atomic mass is 19.1. The Morgan fingerprint density at radius 1 is 1.07 bits per heavy atom. The number of carbonyl (C=O) groups excluding carboxylic acids is 1. The first-order valence-corrected chi connectivity index (χ1v) is 9.44. The van der Waals surface area contributed by atoms with Crippen molar-refractivity contribution in [2.45, 2.75) is 34.1 Å². The molecule has 2 aromatic carbocycles. The van der Waals surface area contributed by atoms with E-state index in [1.54, 1.807) is 6.92 Å². The Morgan fingerprint density at radius 3 is 2.41 bits per heavy atom. The maximum atomic E-state index is 13.7. The van der Waals surface area contributed by atoms with Crippen LogP contribution in [0.5, 0.6) is 5.88 Å². The fourth-order valence-electron chi connectivity index (χ4n) is 4.03. The minimum Gasteiger partial charge on any atom is -0.493 e. The molecule has 0 saturated carbocycles. The summed E-state index contributed by atoms with van der Waals surface area (Å²) in [5.41, 5.74) is 6.80. The zero-order valence-electron chi connectivity index (χ0n) is 16.8. The molecule has 4 nitrogen and oxygen atoms in total. The van der Waals surface area contributed by atoms with E-state index in [9.17, 15) is 14.3 Å². The Balaban J connectivity index is 2.21. The second-order valence-electron chi connectivity index (χ2n) is 7.56. The fraction of sp³-hybridized carbons (Fsp3) is 0.208. The number of Topliss-reactive ketones (excluding diaryl/α,β-unsaturated/α-hetero) is 1. The van der Waals surface area contributed by atoms with Crippen LogP contribution in [0.25, 0.3) is 32.9 Å². The minimum atomic E-state index is -0.532. The lowest BCUT2D eigenvalue weighted by Crippen LogP contribution is -2.06. The third kappa shape index (κ3) is 3.12. The van der Waals surface area contributed by atoms with Crippen LogP contribution in [0.2, 0.25) is 0 Å². The maximum Gasteiger partial charge on any atom is 0.221 e. The van der Waals surface area contributed by atoms with E-state index in [0.717, 1.165) is 45.0 Å². The van der Waals surface area contributed by atoms with Crippen LogP contribution in [0.15, 0.2) is 36.5 Å². The number of benzene rings is 2. The Labute approximate surface area is 168 Å². The summed E-state index contributed by atoms with van der Waals surface area (Å²) < 4.78 is 13.7. The molecule has 0 amide bonds. The molecule has 5 heteroatoms. The number of hydrogen-bond donors (Lipinski definition) is 1. The van der Waals surface area contributed by atoms with E-state index in [1.807, 2.05) is 45.0 Å². The summed E-state index contributed by atoms with van der Waals surface area (Å²) in [5, 5.41) is 11.4. The predicted molar refractivity (Wildman–Crippen MR) is 113 cm³/mol. The Morgan fingerprint density at radius 2 is 1.76 bits per heavy atom. The van der Waals surface area contributed by atoms with Gasteiger partial charge in [-0.3, -0.25) is 9.78 Å². The summed E-state index contributed by atoms with van der Waals surface area (Å²) in [6.07, 6.45) is 1.41. The fourth-order valence-corrected chi connectivity index (χ4v) is 4.03. The first kappa shape index (κ1) is 19.0. The van der Waals surface area contributed by atoms with Gasteiger partial charge in [0.05, 0.1) is 22.6 Å². The predicted octanol–water partition coefficient (Wildman–Crippen LogP) is 5.35. The van der Waals surface area contributed by atoms with Gasteiger partial charge in [0.15, 0.2) is 0 Å². The summed E-state index contributed by atoms with van der Waals surface area (Å²) in [6, 6.07) is 9.39. The molecule has 29 heavy (non-hydrogen) atoms. The zero-order chi connectivity index (χ0) is 20.9. The standard InChI is InChI=1S/C24H21FN2O2/c1-12-5-7-16(8-6-12)20-15(4)21-22(14(3)18(20)9-13(2)28)27-24(29)19-10-17(25)11-26-23(19)21/h5-8,10-11H,9H2,1-4H3,(H,27,29). The van der Waals surface area contributed by atoms with E-state index in [2.05, 4.69) is 9.97 Å². The van der Waals surface area contributed by atoms with Gasteiger partial charge in [0, 0.05) is 11.8 Å². The number of nitrogens with zero attached hydrogens (tertiary/aromatic N) is 2. The molecule has 0 spiro atoms. The molecule has 0 aliphatic rings. The average Bonchev–Trinajstić information content (AvgIpc) is 2.67. The topological polar surface area (TPSA) is 63.1 Å². The molecule has 2 aromatic heterocycles. The molecule has 0 aliphatic carbocycles. The lowest BCUT2D eigenvalue weighted by Gasteiger charge is -2.20. The highest BCUT2D eigenvalue weighted by Gasteiger charge is 2.22. The van der Waals surface area contributed by atoms with Crippen LogP contribution in [-0.2, 0) is 11.2 Å². The van der Waals surface area contributed by atoms with Crippen molar-refractivity contribution >= 4 is 27.6 Å². The number of aryl methyl sites for hydroxylation is 3. The van der Waals surface area contributed by atoms with Crippen molar-refractivity contribution in [3.63, 3.8) is 0 Å². The van der Waals surface area contributed by atoms with E-state index < -0.39 is 5.82 Å². The number of pyridine rings is 2. The molecule has 0 bridgehead atoms. The van der Waals surface area contributed by atoms with Gasteiger partial charge in [-0.25, -0.2) is 9.37 Å². The largest absolute Gasteiger partial charge is 0.493 e. The van der Waals surface area contributed by atoms with Gasteiger partial charge in [-0.15, -0.1) is 0 Å².